The monoisotopic (exact) mass is 423 g/mol. The Morgan fingerprint density at radius 3 is 2.58 bits per heavy atom. The third-order valence-electron chi connectivity index (χ3n) is 4.95. The van der Waals surface area contributed by atoms with E-state index >= 15 is 0 Å². The highest BCUT2D eigenvalue weighted by molar-refractivity contribution is 5.78. The van der Waals surface area contributed by atoms with Gasteiger partial charge in [-0.1, -0.05) is 19.9 Å². The van der Waals surface area contributed by atoms with E-state index in [1.54, 1.807) is 24.3 Å². The second-order valence-electron chi connectivity index (χ2n) is 7.60. The molecule has 1 aliphatic rings. The zero-order valence-electron chi connectivity index (χ0n) is 17.5. The van der Waals surface area contributed by atoms with Gasteiger partial charge in [0.15, 0.2) is 18.1 Å². The predicted molar refractivity (Wildman–Crippen MR) is 113 cm³/mol. The first-order valence-electron chi connectivity index (χ1n) is 10.3. The molecule has 1 atom stereocenters. The summed E-state index contributed by atoms with van der Waals surface area (Å²) in [7, 11) is 0. The minimum atomic E-state index is -0.202. The van der Waals surface area contributed by atoms with Gasteiger partial charge in [-0.25, -0.2) is 0 Å². The van der Waals surface area contributed by atoms with Crippen molar-refractivity contribution < 1.29 is 23.4 Å². The number of nitrogens with zero attached hydrogens (tertiary/aromatic N) is 2. The van der Waals surface area contributed by atoms with Crippen LogP contribution < -0.4 is 19.5 Å². The highest BCUT2D eigenvalue weighted by Gasteiger charge is 2.21. The number of nitrogens with one attached hydrogen (secondary N) is 1. The van der Waals surface area contributed by atoms with E-state index in [-0.39, 0.29) is 24.5 Å². The van der Waals surface area contributed by atoms with E-state index in [1.807, 2.05) is 18.2 Å². The highest BCUT2D eigenvalue weighted by atomic mass is 16.5. The molecule has 1 aliphatic heterocycles. The molecular weight excluding hydrogens is 398 g/mol. The molecule has 1 amide bonds. The molecule has 8 nitrogen and oxygen atoms in total. The summed E-state index contributed by atoms with van der Waals surface area (Å²) in [5.41, 5.74) is 1.75. The molecule has 0 bridgehead atoms. The van der Waals surface area contributed by atoms with Gasteiger partial charge in [0, 0.05) is 12.0 Å². The van der Waals surface area contributed by atoms with E-state index in [9.17, 15) is 4.79 Å². The third kappa shape index (κ3) is 5.14. The predicted octanol–water partition coefficient (Wildman–Crippen LogP) is 3.79. The Balaban J connectivity index is 1.37. The number of carbonyl (C=O) groups is 1. The Morgan fingerprint density at radius 1 is 1.10 bits per heavy atom. The van der Waals surface area contributed by atoms with Crippen LogP contribution in [0.4, 0.5) is 0 Å². The van der Waals surface area contributed by atoms with Crippen LogP contribution in [-0.4, -0.2) is 35.9 Å². The molecule has 0 spiro atoms. The van der Waals surface area contributed by atoms with Gasteiger partial charge in [-0.15, -0.1) is 10.2 Å². The van der Waals surface area contributed by atoms with Crippen LogP contribution in [0.1, 0.15) is 31.9 Å². The quantitative estimate of drug-likeness (QED) is 0.618. The van der Waals surface area contributed by atoms with Gasteiger partial charge in [0.1, 0.15) is 5.75 Å². The summed E-state index contributed by atoms with van der Waals surface area (Å²) in [5.74, 6) is 2.44. The summed E-state index contributed by atoms with van der Waals surface area (Å²) in [4.78, 5) is 12.6. The van der Waals surface area contributed by atoms with Gasteiger partial charge >= 0.3 is 0 Å². The smallest absolute Gasteiger partial charge is 0.258 e. The van der Waals surface area contributed by atoms with Crippen molar-refractivity contribution >= 4 is 5.91 Å². The number of carbonyl (C=O) groups excluding carboxylic acids is 1. The van der Waals surface area contributed by atoms with Crippen LogP contribution in [-0.2, 0) is 4.79 Å². The average Bonchev–Trinajstić information content (AvgIpc) is 3.21. The fourth-order valence-electron chi connectivity index (χ4n) is 3.36. The van der Waals surface area contributed by atoms with Gasteiger partial charge in [-0.3, -0.25) is 4.79 Å². The first-order valence-corrected chi connectivity index (χ1v) is 10.3. The first-order chi connectivity index (χ1) is 15.1. The minimum Gasteiger partial charge on any atom is -0.490 e. The molecule has 1 aromatic heterocycles. The number of fused-ring (bicyclic) bond motifs is 1. The second-order valence-corrected chi connectivity index (χ2v) is 7.60. The molecule has 8 heteroatoms. The summed E-state index contributed by atoms with van der Waals surface area (Å²) in [6, 6.07) is 12.8. The molecular formula is C23H25N3O5. The van der Waals surface area contributed by atoms with Crippen molar-refractivity contribution in [2.75, 3.05) is 19.8 Å². The van der Waals surface area contributed by atoms with E-state index in [2.05, 4.69) is 29.4 Å². The average molecular weight is 423 g/mol. The van der Waals surface area contributed by atoms with Crippen molar-refractivity contribution in [1.29, 1.82) is 0 Å². The molecule has 162 valence electrons. The summed E-state index contributed by atoms with van der Waals surface area (Å²) in [5, 5.41) is 10.6. The van der Waals surface area contributed by atoms with Crippen molar-refractivity contribution in [3.05, 3.63) is 54.4 Å². The maximum absolute atomic E-state index is 12.6. The zero-order valence-corrected chi connectivity index (χ0v) is 17.5. The van der Waals surface area contributed by atoms with Gasteiger partial charge in [-0.05, 0) is 47.9 Å². The van der Waals surface area contributed by atoms with Crippen LogP contribution in [0.25, 0.3) is 11.5 Å². The SMILES string of the molecule is CC(C)C(NC(=O)COc1ccc(-c2nnco2)cc1)c1ccc2c(c1)OCCCO2. The maximum atomic E-state index is 12.6. The lowest BCUT2D eigenvalue weighted by atomic mass is 9.95. The lowest BCUT2D eigenvalue weighted by Gasteiger charge is -2.24. The van der Waals surface area contributed by atoms with Crippen molar-refractivity contribution in [3.63, 3.8) is 0 Å². The molecule has 0 radical (unpaired) electrons. The number of hydrogen-bond acceptors (Lipinski definition) is 7. The molecule has 0 saturated carbocycles. The number of ether oxygens (including phenoxy) is 3. The lowest BCUT2D eigenvalue weighted by Crippen LogP contribution is -2.35. The van der Waals surface area contributed by atoms with Crippen LogP contribution in [0.2, 0.25) is 0 Å². The van der Waals surface area contributed by atoms with Crippen LogP contribution in [0.15, 0.2) is 53.3 Å². The molecule has 1 unspecified atom stereocenters. The van der Waals surface area contributed by atoms with Crippen LogP contribution >= 0.6 is 0 Å². The normalized spacial score (nSPS) is 14.0. The van der Waals surface area contributed by atoms with Gasteiger partial charge in [0.05, 0.1) is 19.3 Å². The van der Waals surface area contributed by atoms with Gasteiger partial charge in [0.2, 0.25) is 12.3 Å². The van der Waals surface area contributed by atoms with Crippen molar-refractivity contribution in [1.82, 2.24) is 15.5 Å². The van der Waals surface area contributed by atoms with Gasteiger partial charge < -0.3 is 23.9 Å². The first kappa shape index (κ1) is 20.7. The number of aromatic nitrogens is 2. The molecule has 31 heavy (non-hydrogen) atoms. The van der Waals surface area contributed by atoms with E-state index in [1.165, 1.54) is 6.39 Å². The highest BCUT2D eigenvalue weighted by Crippen LogP contribution is 2.34. The van der Waals surface area contributed by atoms with E-state index in [4.69, 9.17) is 18.6 Å². The Morgan fingerprint density at radius 2 is 1.87 bits per heavy atom. The van der Waals surface area contributed by atoms with Crippen molar-refractivity contribution in [2.24, 2.45) is 5.92 Å². The molecule has 3 aromatic rings. The number of hydrogen-bond donors (Lipinski definition) is 1. The Hall–Kier alpha value is -3.55. The fourth-order valence-corrected chi connectivity index (χ4v) is 3.36. The molecule has 0 aliphatic carbocycles. The molecule has 2 aromatic carbocycles. The summed E-state index contributed by atoms with van der Waals surface area (Å²) in [6.45, 7) is 5.29. The Kier molecular flexibility index (Phi) is 6.35. The molecule has 4 rings (SSSR count). The molecule has 1 N–H and O–H groups in total. The maximum Gasteiger partial charge on any atom is 0.258 e. The summed E-state index contributed by atoms with van der Waals surface area (Å²) >= 11 is 0. The van der Waals surface area contributed by atoms with E-state index in [0.717, 1.165) is 23.3 Å². The summed E-state index contributed by atoms with van der Waals surface area (Å²) in [6.07, 6.45) is 2.13. The van der Waals surface area contributed by atoms with Crippen LogP contribution in [0.5, 0.6) is 17.2 Å². The number of amides is 1. The zero-order chi connectivity index (χ0) is 21.6. The second kappa shape index (κ2) is 9.51. The van der Waals surface area contributed by atoms with Gasteiger partial charge in [-0.2, -0.15) is 0 Å². The molecule has 2 heterocycles. The van der Waals surface area contributed by atoms with Gasteiger partial charge in [0.25, 0.3) is 5.91 Å². The lowest BCUT2D eigenvalue weighted by molar-refractivity contribution is -0.124. The van der Waals surface area contributed by atoms with Crippen LogP contribution in [0.3, 0.4) is 0 Å². The topological polar surface area (TPSA) is 95.7 Å². The van der Waals surface area contributed by atoms with Crippen LogP contribution in [0, 0.1) is 5.92 Å². The number of benzene rings is 2. The standard InChI is InChI=1S/C23H25N3O5/c1-15(2)22(17-6-9-19-20(12-17)29-11-3-10-28-19)25-21(27)13-30-18-7-4-16(5-8-18)23-26-24-14-31-23/h4-9,12,14-15,22H,3,10-11,13H2,1-2H3,(H,25,27). The minimum absolute atomic E-state index is 0.0896. The fraction of sp³-hybridized carbons (Fsp3) is 0.348. The van der Waals surface area contributed by atoms with Crippen molar-refractivity contribution in [3.8, 4) is 28.7 Å². The van der Waals surface area contributed by atoms with Crippen molar-refractivity contribution in [2.45, 2.75) is 26.3 Å². The van der Waals surface area contributed by atoms with E-state index in [0.29, 0.717) is 30.6 Å². The Labute approximate surface area is 180 Å². The molecule has 0 fully saturated rings. The largest absolute Gasteiger partial charge is 0.490 e. The molecule has 0 saturated heterocycles. The van der Waals surface area contributed by atoms with E-state index < -0.39 is 0 Å². The summed E-state index contributed by atoms with van der Waals surface area (Å²) < 4.78 is 22.3. The Bertz CT molecular complexity index is 1000. The number of rotatable bonds is 7. The third-order valence-corrected chi connectivity index (χ3v) is 4.95.